The maximum absolute atomic E-state index is 10.0. The maximum atomic E-state index is 10.0. The molecule has 2 N–H and O–H groups in total. The number of hydrogen-bond donors (Lipinski definition) is 2. The molecular formula is C13H26N2O2. The average Bonchev–Trinajstić information content (AvgIpc) is 2.23. The zero-order chi connectivity index (χ0) is 13.4. The molecule has 0 aliphatic heterocycles. The monoisotopic (exact) mass is 242 g/mol. The summed E-state index contributed by atoms with van der Waals surface area (Å²) in [5.74, 6) is 0. The van der Waals surface area contributed by atoms with Crippen LogP contribution in [0.4, 0.5) is 0 Å². The molecular weight excluding hydrogens is 216 g/mol. The summed E-state index contributed by atoms with van der Waals surface area (Å²) in [4.78, 5) is 0. The minimum Gasteiger partial charge on any atom is -0.389 e. The van der Waals surface area contributed by atoms with Gasteiger partial charge in [0.2, 0.25) is 0 Å². The minimum atomic E-state index is -0.735. The molecule has 1 atom stereocenters. The van der Waals surface area contributed by atoms with Crippen LogP contribution in [0.2, 0.25) is 0 Å². The van der Waals surface area contributed by atoms with E-state index < -0.39 is 5.60 Å². The molecule has 0 amide bonds. The largest absolute Gasteiger partial charge is 0.389 e. The van der Waals surface area contributed by atoms with Gasteiger partial charge in [-0.05, 0) is 18.8 Å². The Labute approximate surface area is 105 Å². The molecule has 4 heteroatoms. The summed E-state index contributed by atoms with van der Waals surface area (Å²) in [6.07, 6.45) is 2.07. The summed E-state index contributed by atoms with van der Waals surface area (Å²) in [6, 6.07) is 2.16. The smallest absolute Gasteiger partial charge is 0.0765 e. The lowest BCUT2D eigenvalue weighted by Gasteiger charge is -2.28. The van der Waals surface area contributed by atoms with Crippen LogP contribution < -0.4 is 5.32 Å². The Bertz CT molecular complexity index is 244. The molecule has 0 aliphatic rings. The highest BCUT2D eigenvalue weighted by molar-refractivity contribution is 4.81. The molecule has 0 aromatic carbocycles. The van der Waals surface area contributed by atoms with Gasteiger partial charge in [0.05, 0.1) is 11.7 Å². The molecule has 0 bridgehead atoms. The average molecular weight is 242 g/mol. The SMILES string of the molecule is COCCC(C)(O)CNCC(C)(C)CCC#N. The fourth-order valence-electron chi connectivity index (χ4n) is 1.56. The first kappa shape index (κ1) is 16.4. The Kier molecular flexibility index (Phi) is 7.37. The molecule has 0 saturated carbocycles. The number of hydrogen-bond acceptors (Lipinski definition) is 4. The summed E-state index contributed by atoms with van der Waals surface area (Å²) in [7, 11) is 1.63. The van der Waals surface area contributed by atoms with Gasteiger partial charge in [-0.1, -0.05) is 13.8 Å². The second-order valence-corrected chi connectivity index (χ2v) is 5.67. The van der Waals surface area contributed by atoms with Crippen LogP contribution in [0.1, 0.15) is 40.0 Å². The molecule has 4 nitrogen and oxygen atoms in total. The van der Waals surface area contributed by atoms with Crippen molar-refractivity contribution in [1.82, 2.24) is 5.32 Å². The van der Waals surface area contributed by atoms with Gasteiger partial charge in [0.15, 0.2) is 0 Å². The molecule has 100 valence electrons. The van der Waals surface area contributed by atoms with Gasteiger partial charge in [-0.3, -0.25) is 0 Å². The van der Waals surface area contributed by atoms with Crippen molar-refractivity contribution >= 4 is 0 Å². The van der Waals surface area contributed by atoms with Crippen LogP contribution in [0.15, 0.2) is 0 Å². The number of nitriles is 1. The van der Waals surface area contributed by atoms with E-state index in [-0.39, 0.29) is 5.41 Å². The van der Waals surface area contributed by atoms with E-state index >= 15 is 0 Å². The summed E-state index contributed by atoms with van der Waals surface area (Å²) in [5, 5.41) is 21.8. The van der Waals surface area contributed by atoms with Crippen molar-refractivity contribution in [2.24, 2.45) is 5.41 Å². The highest BCUT2D eigenvalue weighted by Gasteiger charge is 2.22. The quantitative estimate of drug-likeness (QED) is 0.646. The fourth-order valence-corrected chi connectivity index (χ4v) is 1.56. The zero-order valence-corrected chi connectivity index (χ0v) is 11.5. The Morgan fingerprint density at radius 3 is 2.41 bits per heavy atom. The van der Waals surface area contributed by atoms with Crippen LogP contribution in [0.25, 0.3) is 0 Å². The Balaban J connectivity index is 3.85. The first-order chi connectivity index (χ1) is 7.83. The minimum absolute atomic E-state index is 0.0903. The van der Waals surface area contributed by atoms with E-state index in [9.17, 15) is 5.11 Å². The molecule has 0 heterocycles. The van der Waals surface area contributed by atoms with Gasteiger partial charge in [0.25, 0.3) is 0 Å². The molecule has 1 unspecified atom stereocenters. The standard InChI is InChI=1S/C13H26N2O2/c1-12(2,6-5-8-14)10-15-11-13(3,16)7-9-17-4/h15-16H,5-7,9-11H2,1-4H3. The van der Waals surface area contributed by atoms with Crippen LogP contribution >= 0.6 is 0 Å². The lowest BCUT2D eigenvalue weighted by Crippen LogP contribution is -2.42. The van der Waals surface area contributed by atoms with Crippen molar-refractivity contribution in [1.29, 1.82) is 5.26 Å². The van der Waals surface area contributed by atoms with E-state index in [2.05, 4.69) is 25.2 Å². The van der Waals surface area contributed by atoms with Crippen LogP contribution in [0.5, 0.6) is 0 Å². The van der Waals surface area contributed by atoms with Crippen LogP contribution in [-0.2, 0) is 4.74 Å². The molecule has 0 fully saturated rings. The lowest BCUT2D eigenvalue weighted by molar-refractivity contribution is 0.0232. The van der Waals surface area contributed by atoms with E-state index in [1.54, 1.807) is 14.0 Å². The third-order valence-corrected chi connectivity index (χ3v) is 2.87. The summed E-state index contributed by atoms with van der Waals surface area (Å²) >= 11 is 0. The van der Waals surface area contributed by atoms with Crippen molar-refractivity contribution in [2.75, 3.05) is 26.8 Å². The third kappa shape index (κ3) is 9.11. The van der Waals surface area contributed by atoms with Gasteiger partial charge >= 0.3 is 0 Å². The van der Waals surface area contributed by atoms with Gasteiger partial charge in [0, 0.05) is 39.6 Å². The number of nitrogens with zero attached hydrogens (tertiary/aromatic N) is 1. The Hall–Kier alpha value is -0.630. The van der Waals surface area contributed by atoms with Crippen molar-refractivity contribution in [3.8, 4) is 6.07 Å². The van der Waals surface area contributed by atoms with Gasteiger partial charge < -0.3 is 15.2 Å². The first-order valence-corrected chi connectivity index (χ1v) is 6.12. The van der Waals surface area contributed by atoms with Gasteiger partial charge in [-0.15, -0.1) is 0 Å². The molecule has 0 aromatic heterocycles. The zero-order valence-electron chi connectivity index (χ0n) is 11.5. The van der Waals surface area contributed by atoms with Crippen molar-refractivity contribution < 1.29 is 9.84 Å². The van der Waals surface area contributed by atoms with E-state index in [1.165, 1.54) is 0 Å². The number of methoxy groups -OCH3 is 1. The van der Waals surface area contributed by atoms with Crippen LogP contribution in [-0.4, -0.2) is 37.5 Å². The molecule has 0 spiro atoms. The summed E-state index contributed by atoms with van der Waals surface area (Å²) in [6.45, 7) is 7.97. The Morgan fingerprint density at radius 2 is 1.88 bits per heavy atom. The van der Waals surface area contributed by atoms with E-state index in [0.29, 0.717) is 26.0 Å². The highest BCUT2D eigenvalue weighted by atomic mass is 16.5. The van der Waals surface area contributed by atoms with Crippen molar-refractivity contribution in [2.45, 2.75) is 45.6 Å². The number of aliphatic hydroxyl groups is 1. The summed E-state index contributed by atoms with van der Waals surface area (Å²) < 4.78 is 4.95. The predicted molar refractivity (Wildman–Crippen MR) is 68.6 cm³/mol. The number of ether oxygens (including phenoxy) is 1. The predicted octanol–water partition coefficient (Wildman–Crippen LogP) is 1.69. The summed E-state index contributed by atoms with van der Waals surface area (Å²) in [5.41, 5.74) is -0.644. The molecule has 17 heavy (non-hydrogen) atoms. The third-order valence-electron chi connectivity index (χ3n) is 2.87. The van der Waals surface area contributed by atoms with Gasteiger partial charge in [-0.2, -0.15) is 5.26 Å². The molecule has 0 aromatic rings. The molecule has 0 radical (unpaired) electrons. The normalized spacial score (nSPS) is 15.3. The second-order valence-electron chi connectivity index (χ2n) is 5.67. The topological polar surface area (TPSA) is 65.3 Å². The fraction of sp³-hybridized carbons (Fsp3) is 0.923. The first-order valence-electron chi connectivity index (χ1n) is 6.12. The Morgan fingerprint density at radius 1 is 1.24 bits per heavy atom. The molecule has 0 saturated heterocycles. The van der Waals surface area contributed by atoms with Crippen LogP contribution in [0, 0.1) is 16.7 Å². The van der Waals surface area contributed by atoms with E-state index in [4.69, 9.17) is 10.00 Å². The molecule has 0 rings (SSSR count). The van der Waals surface area contributed by atoms with Crippen molar-refractivity contribution in [3.63, 3.8) is 0 Å². The van der Waals surface area contributed by atoms with Crippen LogP contribution in [0.3, 0.4) is 0 Å². The lowest BCUT2D eigenvalue weighted by atomic mass is 9.87. The molecule has 0 aliphatic carbocycles. The van der Waals surface area contributed by atoms with Gasteiger partial charge in [-0.25, -0.2) is 0 Å². The number of rotatable bonds is 9. The van der Waals surface area contributed by atoms with Gasteiger partial charge in [0.1, 0.15) is 0 Å². The van der Waals surface area contributed by atoms with E-state index in [0.717, 1.165) is 13.0 Å². The van der Waals surface area contributed by atoms with Crippen molar-refractivity contribution in [3.05, 3.63) is 0 Å². The highest BCUT2D eigenvalue weighted by Crippen LogP contribution is 2.21. The number of nitrogens with one attached hydrogen (secondary N) is 1. The van der Waals surface area contributed by atoms with E-state index in [1.807, 2.05) is 0 Å². The maximum Gasteiger partial charge on any atom is 0.0765 e. The second kappa shape index (κ2) is 7.65.